The van der Waals surface area contributed by atoms with Crippen LogP contribution in [0.5, 0.6) is 0 Å². The van der Waals surface area contributed by atoms with Gasteiger partial charge in [-0.25, -0.2) is 14.8 Å². The minimum absolute atomic E-state index is 0.0723. The number of halogens is 1. The molecule has 0 saturated heterocycles. The van der Waals surface area contributed by atoms with Crippen LogP contribution in [-0.2, 0) is 0 Å². The largest absolute Gasteiger partial charge is 0.478 e. The highest BCUT2D eigenvalue weighted by Gasteiger charge is 2.19. The maximum absolute atomic E-state index is 12.6. The zero-order valence-corrected chi connectivity index (χ0v) is 39.9. The van der Waals surface area contributed by atoms with E-state index in [2.05, 4.69) is 35.9 Å². The zero-order valence-electron chi connectivity index (χ0n) is 39.9. The molecule has 0 atom stereocenters. The first-order chi connectivity index (χ1) is 37.5. The molecule has 0 bridgehead atoms. The van der Waals surface area contributed by atoms with Gasteiger partial charge in [-0.15, -0.1) is 0 Å². The molecule has 0 saturated carbocycles. The van der Waals surface area contributed by atoms with Gasteiger partial charge in [0.25, 0.3) is 5.69 Å². The number of fused-ring (bicyclic) bond motifs is 2. The lowest BCUT2D eigenvalue weighted by Crippen LogP contribution is -1.98. The molecule has 0 fully saturated rings. The second kappa shape index (κ2) is 24.1. The number of carbonyl (C=O) groups is 1. The van der Waals surface area contributed by atoms with Gasteiger partial charge >= 0.3 is 11.7 Å². The lowest BCUT2D eigenvalue weighted by molar-refractivity contribution is -0.387. The van der Waals surface area contributed by atoms with E-state index in [9.17, 15) is 34.5 Å². The van der Waals surface area contributed by atoms with Gasteiger partial charge in [0.15, 0.2) is 0 Å². The standard InChI is InChI=1S/C19H12N4.C19H13N3O2.C12H8N4O2.C7H3FN2O2/c20-12-14-8-9-18-17(11-14)22-19(15-5-2-1-3-6-15)23(18)16-7-4-10-21-13-16;23-19(24)14-8-9-17-16(11-14)21-18(13-5-2-1-3-6-13)22(17)15-7-4-10-20-12-15;13-7-9-3-4-11(12(6-9)16(17)18)15-10-2-1-5-14-8-10;8-6-2-1-5(4-9)3-7(6)10(11)12/h1-11,13H;1-12H,(H,23,24);1-6,8,15H;1-3H. The molecule has 19 nitrogen and oxygen atoms in total. The summed E-state index contributed by atoms with van der Waals surface area (Å²) in [6.07, 6.45) is 10.2. The van der Waals surface area contributed by atoms with Gasteiger partial charge in [-0.3, -0.25) is 44.3 Å². The molecule has 0 aliphatic carbocycles. The fourth-order valence-electron chi connectivity index (χ4n) is 7.59. The van der Waals surface area contributed by atoms with Crippen molar-refractivity contribution in [3.8, 4) is 52.4 Å². The van der Waals surface area contributed by atoms with Crippen LogP contribution in [0.25, 0.3) is 56.2 Å². The number of rotatable bonds is 9. The Morgan fingerprint density at radius 3 is 1.49 bits per heavy atom. The molecule has 0 amide bonds. The number of nitrogens with one attached hydrogen (secondary N) is 1. The van der Waals surface area contributed by atoms with Gasteiger partial charge < -0.3 is 10.4 Å². The van der Waals surface area contributed by atoms with E-state index in [-0.39, 0.29) is 22.4 Å². The van der Waals surface area contributed by atoms with Crippen molar-refractivity contribution in [2.45, 2.75) is 0 Å². The zero-order chi connectivity index (χ0) is 54.3. The third-order valence-corrected chi connectivity index (χ3v) is 11.1. The van der Waals surface area contributed by atoms with E-state index < -0.39 is 27.3 Å². The van der Waals surface area contributed by atoms with Gasteiger partial charge in [0.05, 0.1) is 108 Å². The number of aromatic carboxylic acids is 1. The maximum atomic E-state index is 12.6. The van der Waals surface area contributed by atoms with Gasteiger partial charge in [-0.2, -0.15) is 20.2 Å². The molecule has 0 aliphatic rings. The molecule has 5 aromatic heterocycles. The smallest absolute Gasteiger partial charge is 0.335 e. The highest BCUT2D eigenvalue weighted by Crippen LogP contribution is 2.31. The third-order valence-electron chi connectivity index (χ3n) is 11.1. The molecule has 2 N–H and O–H groups in total. The Hall–Kier alpha value is -11.8. The van der Waals surface area contributed by atoms with Crippen molar-refractivity contribution in [1.29, 1.82) is 15.8 Å². The van der Waals surface area contributed by atoms with Crippen LogP contribution in [0.3, 0.4) is 0 Å². The van der Waals surface area contributed by atoms with Crippen molar-refractivity contribution in [3.05, 3.63) is 255 Å². The van der Waals surface area contributed by atoms with Crippen molar-refractivity contribution in [2.75, 3.05) is 5.32 Å². The van der Waals surface area contributed by atoms with Crippen molar-refractivity contribution < 1.29 is 24.1 Å². The van der Waals surface area contributed by atoms with Gasteiger partial charge in [0.2, 0.25) is 5.82 Å². The maximum Gasteiger partial charge on any atom is 0.335 e. The quantitative estimate of drug-likeness (QED) is 0.100. The second-order valence-corrected chi connectivity index (χ2v) is 16.0. The molecule has 11 aromatic rings. The molecule has 6 aromatic carbocycles. The Bertz CT molecular complexity index is 4050. The van der Waals surface area contributed by atoms with E-state index in [4.69, 9.17) is 20.8 Å². The van der Waals surface area contributed by atoms with E-state index in [0.717, 1.165) is 62.8 Å². The average molecular weight is 1020 g/mol. The molecule has 20 heteroatoms. The highest BCUT2D eigenvalue weighted by atomic mass is 19.1. The highest BCUT2D eigenvalue weighted by molar-refractivity contribution is 5.94. The van der Waals surface area contributed by atoms with Gasteiger partial charge in [0.1, 0.15) is 17.3 Å². The molecule has 0 aliphatic heterocycles. The Morgan fingerprint density at radius 2 is 1.01 bits per heavy atom. The summed E-state index contributed by atoms with van der Waals surface area (Å²) in [7, 11) is 0. The van der Waals surface area contributed by atoms with E-state index in [1.165, 1.54) is 24.3 Å². The molecule has 372 valence electrons. The topological polar surface area (TPSA) is 281 Å². The number of imidazole rings is 2. The van der Waals surface area contributed by atoms with Crippen molar-refractivity contribution >= 4 is 50.8 Å². The van der Waals surface area contributed by atoms with Crippen LogP contribution in [0.1, 0.15) is 27.0 Å². The molecule has 11 rings (SSSR count). The van der Waals surface area contributed by atoms with E-state index in [1.807, 2.05) is 120 Å². The van der Waals surface area contributed by atoms with Crippen LogP contribution in [-0.4, -0.2) is 55.0 Å². The molecule has 0 spiro atoms. The second-order valence-electron chi connectivity index (χ2n) is 16.0. The van der Waals surface area contributed by atoms with Gasteiger partial charge in [-0.05, 0) is 97.1 Å². The normalized spacial score (nSPS) is 10.2. The first kappa shape index (κ1) is 51.5. The number of nitriles is 3. The van der Waals surface area contributed by atoms with Gasteiger partial charge in [0, 0.05) is 41.9 Å². The van der Waals surface area contributed by atoms with Crippen molar-refractivity contribution in [3.63, 3.8) is 0 Å². The number of anilines is 2. The molecule has 77 heavy (non-hydrogen) atoms. The van der Waals surface area contributed by atoms with Crippen molar-refractivity contribution in [2.24, 2.45) is 0 Å². The number of aromatic nitrogens is 7. The molecule has 0 unspecified atom stereocenters. The number of nitro groups is 2. The van der Waals surface area contributed by atoms with Crippen LogP contribution < -0.4 is 5.32 Å². The number of nitro benzene ring substituents is 2. The van der Waals surface area contributed by atoms with Crippen LogP contribution in [0, 0.1) is 60.0 Å². The van der Waals surface area contributed by atoms with Crippen LogP contribution in [0.15, 0.2) is 207 Å². The summed E-state index contributed by atoms with van der Waals surface area (Å²) in [6.45, 7) is 0. The van der Waals surface area contributed by atoms with E-state index in [0.29, 0.717) is 22.5 Å². The summed E-state index contributed by atoms with van der Waals surface area (Å²) in [5.41, 5.74) is 8.32. The minimum atomic E-state index is -0.964. The summed E-state index contributed by atoms with van der Waals surface area (Å²) in [4.78, 5) is 52.6. The molecule has 5 heterocycles. The van der Waals surface area contributed by atoms with Crippen molar-refractivity contribution in [1.82, 2.24) is 34.1 Å². The van der Waals surface area contributed by atoms with Crippen LogP contribution in [0.4, 0.5) is 27.1 Å². The number of pyridine rings is 3. The SMILES string of the molecule is N#Cc1ccc(F)c([N+](=O)[O-])c1.N#Cc1ccc(Nc2cccnc2)c([N+](=O)[O-])c1.N#Cc1ccc2c(c1)nc(-c1ccccc1)n2-c1cccnc1.O=C(O)c1ccc2c(c1)nc(-c1ccccc1)n2-c1cccnc1. The Kier molecular flexibility index (Phi) is 16.1. The summed E-state index contributed by atoms with van der Waals surface area (Å²) >= 11 is 0. The average Bonchev–Trinajstić information content (AvgIpc) is 4.13. The predicted octanol–water partition coefficient (Wildman–Crippen LogP) is 12.0. The summed E-state index contributed by atoms with van der Waals surface area (Å²) in [5.74, 6) is -0.307. The molecular formula is C57H36FN13O6. The molecular weight excluding hydrogens is 982 g/mol. The number of nitrogens with zero attached hydrogens (tertiary/aromatic N) is 12. The fraction of sp³-hybridized carbons (Fsp3) is 0. The lowest BCUT2D eigenvalue weighted by Gasteiger charge is -2.08. The van der Waals surface area contributed by atoms with Crippen LogP contribution >= 0.6 is 0 Å². The first-order valence-corrected chi connectivity index (χ1v) is 22.8. The van der Waals surface area contributed by atoms with E-state index in [1.54, 1.807) is 67.4 Å². The number of hydrogen-bond acceptors (Lipinski definition) is 14. The Balaban J connectivity index is 0.000000140. The fourth-order valence-corrected chi connectivity index (χ4v) is 7.59. The summed E-state index contributed by atoms with van der Waals surface area (Å²) < 4.78 is 16.7. The number of benzene rings is 6. The monoisotopic (exact) mass is 1020 g/mol. The minimum Gasteiger partial charge on any atom is -0.478 e. The summed E-state index contributed by atoms with van der Waals surface area (Å²) in [6, 6.07) is 54.5. The lowest BCUT2D eigenvalue weighted by atomic mass is 10.2. The Morgan fingerprint density at radius 1 is 0.545 bits per heavy atom. The van der Waals surface area contributed by atoms with Crippen LogP contribution in [0.2, 0.25) is 0 Å². The van der Waals surface area contributed by atoms with Gasteiger partial charge in [-0.1, -0.05) is 60.7 Å². The number of carboxylic acid groups (broad SMARTS) is 1. The first-order valence-electron chi connectivity index (χ1n) is 22.8. The third kappa shape index (κ3) is 12.3. The predicted molar refractivity (Wildman–Crippen MR) is 283 cm³/mol. The number of carboxylic acids is 1. The number of hydrogen-bond donors (Lipinski definition) is 2. The Labute approximate surface area is 436 Å². The molecule has 0 radical (unpaired) electrons. The van der Waals surface area contributed by atoms with E-state index >= 15 is 0 Å². The summed E-state index contributed by atoms with van der Waals surface area (Å²) in [5, 5.41) is 59.3.